The topological polar surface area (TPSA) is 89.5 Å². The molecule has 0 aliphatic heterocycles. The van der Waals surface area contributed by atoms with Crippen molar-refractivity contribution in [1.82, 2.24) is 9.13 Å². The summed E-state index contributed by atoms with van der Waals surface area (Å²) in [6.45, 7) is 0.500. The van der Waals surface area contributed by atoms with Gasteiger partial charge in [0.05, 0.1) is 38.3 Å². The molecule has 0 saturated carbocycles. The predicted octanol–water partition coefficient (Wildman–Crippen LogP) is 3.58. The largest absolute Gasteiger partial charge is 0.502 e. The number of aromatic nitrogens is 2. The quantitative estimate of drug-likeness (QED) is 0.450. The van der Waals surface area contributed by atoms with Crippen molar-refractivity contribution in [1.29, 1.82) is 5.41 Å². The number of para-hydroxylation sites is 2. The second-order valence-corrected chi connectivity index (χ2v) is 7.12. The second kappa shape index (κ2) is 8.39. The molecule has 0 radical (unpaired) electrons. The van der Waals surface area contributed by atoms with Crippen molar-refractivity contribution in [3.8, 4) is 17.2 Å². The molecule has 0 unspecified atom stereocenters. The van der Waals surface area contributed by atoms with Crippen LogP contribution < -0.4 is 15.1 Å². The summed E-state index contributed by atoms with van der Waals surface area (Å²) >= 11 is 0. The minimum absolute atomic E-state index is 0.0295. The Morgan fingerprint density at radius 3 is 2.03 bits per heavy atom. The minimum Gasteiger partial charge on any atom is -0.502 e. The van der Waals surface area contributed by atoms with E-state index >= 15 is 0 Å². The molecule has 2 N–H and O–H groups in total. The maximum atomic E-state index is 13.1. The van der Waals surface area contributed by atoms with Gasteiger partial charge in [-0.3, -0.25) is 10.2 Å². The van der Waals surface area contributed by atoms with Gasteiger partial charge in [0.1, 0.15) is 0 Å². The molecule has 0 atom stereocenters. The third kappa shape index (κ3) is 3.77. The van der Waals surface area contributed by atoms with Gasteiger partial charge in [-0.15, -0.1) is 0 Å². The van der Waals surface area contributed by atoms with Gasteiger partial charge in [-0.1, -0.05) is 42.5 Å². The number of hydrogen-bond acceptors (Lipinski definition) is 5. The van der Waals surface area contributed by atoms with E-state index in [1.807, 2.05) is 59.2 Å². The monoisotopic (exact) mass is 417 g/mol. The number of nitrogens with zero attached hydrogens (tertiary/aromatic N) is 2. The number of carbonyl (C=O) groups is 1. The Morgan fingerprint density at radius 2 is 1.45 bits per heavy atom. The number of ether oxygens (including phenoxy) is 2. The van der Waals surface area contributed by atoms with Gasteiger partial charge in [-0.2, -0.15) is 0 Å². The van der Waals surface area contributed by atoms with E-state index in [2.05, 4.69) is 0 Å². The van der Waals surface area contributed by atoms with Crippen LogP contribution in [0.15, 0.2) is 66.7 Å². The molecule has 7 heteroatoms. The lowest BCUT2D eigenvalue weighted by molar-refractivity contribution is 0.0970. The highest BCUT2D eigenvalue weighted by molar-refractivity contribution is 5.98. The van der Waals surface area contributed by atoms with E-state index in [4.69, 9.17) is 14.9 Å². The van der Waals surface area contributed by atoms with Crippen LogP contribution in [0.1, 0.15) is 15.9 Å². The van der Waals surface area contributed by atoms with Gasteiger partial charge in [0, 0.05) is 5.56 Å². The van der Waals surface area contributed by atoms with Gasteiger partial charge in [0.2, 0.25) is 11.4 Å². The zero-order valence-corrected chi connectivity index (χ0v) is 17.3. The number of phenols is 1. The molecule has 4 aromatic rings. The third-order valence-corrected chi connectivity index (χ3v) is 5.26. The minimum atomic E-state index is -0.224. The fraction of sp³-hybridized carbons (Fsp3) is 0.167. The van der Waals surface area contributed by atoms with E-state index in [1.165, 1.54) is 26.4 Å². The third-order valence-electron chi connectivity index (χ3n) is 5.26. The summed E-state index contributed by atoms with van der Waals surface area (Å²) in [5.74, 6) is -0.0665. The number of rotatable bonds is 7. The number of fused-ring (bicyclic) bond motifs is 1. The molecule has 4 rings (SSSR count). The van der Waals surface area contributed by atoms with Crippen LogP contribution in [0.4, 0.5) is 0 Å². The number of methoxy groups -OCH3 is 2. The Labute approximate surface area is 179 Å². The van der Waals surface area contributed by atoms with Gasteiger partial charge in [-0.25, -0.2) is 0 Å². The number of carbonyl (C=O) groups excluding carboxylic acids is 1. The molecule has 3 aromatic carbocycles. The Balaban J connectivity index is 1.75. The molecule has 0 aliphatic rings. The van der Waals surface area contributed by atoms with Crippen LogP contribution in [0.5, 0.6) is 17.2 Å². The number of aromatic hydroxyl groups is 1. The standard InChI is InChI=1S/C24H23N3O4/c1-30-21-12-17(13-22(31-2)23(21)29)20(28)15-27-19-11-7-6-10-18(19)26(24(27)25)14-16-8-4-3-5-9-16/h3-13,25,29H,14-15H2,1-2H3. The lowest BCUT2D eigenvalue weighted by atomic mass is 10.1. The molecule has 0 spiro atoms. The molecule has 0 aliphatic carbocycles. The van der Waals surface area contributed by atoms with Crippen molar-refractivity contribution in [2.45, 2.75) is 13.1 Å². The molecule has 1 heterocycles. The summed E-state index contributed by atoms with van der Waals surface area (Å²) in [7, 11) is 2.83. The summed E-state index contributed by atoms with van der Waals surface area (Å²) < 4.78 is 13.9. The first-order valence-corrected chi connectivity index (χ1v) is 9.78. The van der Waals surface area contributed by atoms with E-state index in [1.54, 1.807) is 4.57 Å². The summed E-state index contributed by atoms with van der Waals surface area (Å²) in [5.41, 5.74) is 3.32. The van der Waals surface area contributed by atoms with Crippen molar-refractivity contribution in [2.75, 3.05) is 14.2 Å². The lowest BCUT2D eigenvalue weighted by Gasteiger charge is -2.11. The van der Waals surface area contributed by atoms with Gasteiger partial charge in [-0.05, 0) is 29.8 Å². The molecular formula is C24H23N3O4. The normalized spacial score (nSPS) is 10.9. The smallest absolute Gasteiger partial charge is 0.203 e. The van der Waals surface area contributed by atoms with E-state index in [-0.39, 0.29) is 35.2 Å². The molecule has 31 heavy (non-hydrogen) atoms. The average Bonchev–Trinajstić information content (AvgIpc) is 3.06. The first-order chi connectivity index (χ1) is 15.0. The Morgan fingerprint density at radius 1 is 0.903 bits per heavy atom. The van der Waals surface area contributed by atoms with E-state index in [9.17, 15) is 9.90 Å². The first kappa shape index (κ1) is 20.3. The highest BCUT2D eigenvalue weighted by Gasteiger charge is 2.18. The van der Waals surface area contributed by atoms with Crippen molar-refractivity contribution in [2.24, 2.45) is 0 Å². The first-order valence-electron chi connectivity index (χ1n) is 9.78. The summed E-state index contributed by atoms with van der Waals surface area (Å²) in [6.07, 6.45) is 0. The summed E-state index contributed by atoms with van der Waals surface area (Å²) in [5, 5.41) is 18.9. The molecule has 7 nitrogen and oxygen atoms in total. The number of hydrogen-bond donors (Lipinski definition) is 2. The van der Waals surface area contributed by atoms with E-state index in [0.717, 1.165) is 16.6 Å². The molecule has 0 amide bonds. The van der Waals surface area contributed by atoms with E-state index in [0.29, 0.717) is 12.1 Å². The van der Waals surface area contributed by atoms with Crippen molar-refractivity contribution in [3.63, 3.8) is 0 Å². The van der Waals surface area contributed by atoms with Crippen molar-refractivity contribution < 1.29 is 19.4 Å². The highest BCUT2D eigenvalue weighted by Crippen LogP contribution is 2.37. The van der Waals surface area contributed by atoms with Crippen molar-refractivity contribution in [3.05, 3.63) is 83.5 Å². The second-order valence-electron chi connectivity index (χ2n) is 7.12. The molecule has 0 bridgehead atoms. The zero-order valence-electron chi connectivity index (χ0n) is 17.3. The maximum absolute atomic E-state index is 13.1. The fourth-order valence-corrected chi connectivity index (χ4v) is 3.67. The van der Waals surface area contributed by atoms with Crippen LogP contribution in [0, 0.1) is 5.41 Å². The van der Waals surface area contributed by atoms with Crippen LogP contribution in [-0.4, -0.2) is 34.2 Å². The Hall–Kier alpha value is -4.00. The van der Waals surface area contributed by atoms with Gasteiger partial charge >= 0.3 is 0 Å². The molecular weight excluding hydrogens is 394 g/mol. The average molecular weight is 417 g/mol. The van der Waals surface area contributed by atoms with Gasteiger partial charge < -0.3 is 23.7 Å². The summed E-state index contributed by atoms with van der Waals surface area (Å²) in [6, 6.07) is 20.5. The van der Waals surface area contributed by atoms with Crippen LogP contribution >= 0.6 is 0 Å². The van der Waals surface area contributed by atoms with Crippen molar-refractivity contribution >= 4 is 16.8 Å². The highest BCUT2D eigenvalue weighted by atomic mass is 16.5. The zero-order chi connectivity index (χ0) is 22.0. The molecule has 1 aromatic heterocycles. The molecule has 0 saturated heterocycles. The van der Waals surface area contributed by atoms with Crippen LogP contribution in [0.25, 0.3) is 11.0 Å². The number of Topliss-reactive ketones (excluding diaryl/α,β-unsaturated/α-hetero) is 1. The van der Waals surface area contributed by atoms with Gasteiger partial charge in [0.15, 0.2) is 17.3 Å². The van der Waals surface area contributed by atoms with Gasteiger partial charge in [0.25, 0.3) is 0 Å². The number of benzene rings is 3. The molecule has 0 fully saturated rings. The SMILES string of the molecule is COc1cc(C(=O)Cn2c(=N)n(Cc3ccccc3)c3ccccc32)cc(OC)c1O. The van der Waals surface area contributed by atoms with Crippen LogP contribution in [0.2, 0.25) is 0 Å². The Kier molecular flexibility index (Phi) is 5.49. The summed E-state index contributed by atoms with van der Waals surface area (Å²) in [4.78, 5) is 13.1. The maximum Gasteiger partial charge on any atom is 0.203 e. The number of ketones is 1. The van der Waals surface area contributed by atoms with Crippen LogP contribution in [-0.2, 0) is 13.1 Å². The number of phenolic OH excluding ortho intramolecular Hbond substituents is 1. The predicted molar refractivity (Wildman–Crippen MR) is 117 cm³/mol. The molecule has 158 valence electrons. The number of nitrogens with one attached hydrogen (secondary N) is 1. The van der Waals surface area contributed by atoms with Crippen LogP contribution in [0.3, 0.4) is 0 Å². The van der Waals surface area contributed by atoms with E-state index < -0.39 is 0 Å². The fourth-order valence-electron chi connectivity index (χ4n) is 3.67. The number of imidazole rings is 1. The lowest BCUT2D eigenvalue weighted by Crippen LogP contribution is -2.27. The Bertz CT molecular complexity index is 1280.